The number of aryl methyl sites for hydroxylation is 4. The number of fused-ring (bicyclic) bond motifs is 2. The molecule has 2 unspecified atom stereocenters. The van der Waals surface area contributed by atoms with Crippen molar-refractivity contribution in [1.29, 1.82) is 0 Å². The van der Waals surface area contributed by atoms with Crippen LogP contribution in [-0.2, 0) is 0 Å². The molecule has 0 saturated carbocycles. The van der Waals surface area contributed by atoms with Crippen LogP contribution < -0.4 is 0 Å². The molecule has 0 fully saturated rings. The molecular formula is C26H32Si. The van der Waals surface area contributed by atoms with Gasteiger partial charge in [0.15, 0.2) is 0 Å². The molecule has 0 saturated heterocycles. The number of rotatable bonds is 4. The van der Waals surface area contributed by atoms with E-state index in [1.165, 1.54) is 45.5 Å². The van der Waals surface area contributed by atoms with Crippen molar-refractivity contribution in [3.8, 4) is 0 Å². The van der Waals surface area contributed by atoms with Gasteiger partial charge in [0.05, 0.1) is 8.07 Å². The monoisotopic (exact) mass is 372 g/mol. The van der Waals surface area contributed by atoms with Crippen LogP contribution in [0.1, 0.15) is 69.4 Å². The lowest BCUT2D eigenvalue weighted by Gasteiger charge is -2.42. The molecule has 2 aromatic carbocycles. The van der Waals surface area contributed by atoms with Crippen molar-refractivity contribution in [3.05, 3.63) is 80.9 Å². The first-order valence-electron chi connectivity index (χ1n) is 10.5. The minimum absolute atomic E-state index is 0.628. The molecule has 27 heavy (non-hydrogen) atoms. The molecule has 2 aromatic rings. The highest BCUT2D eigenvalue weighted by Crippen LogP contribution is 2.52. The van der Waals surface area contributed by atoms with Gasteiger partial charge in [-0.25, -0.2) is 0 Å². The first-order valence-corrected chi connectivity index (χ1v) is 13.1. The topological polar surface area (TPSA) is 0 Å². The summed E-state index contributed by atoms with van der Waals surface area (Å²) < 4.78 is 0. The van der Waals surface area contributed by atoms with Crippen molar-refractivity contribution in [2.75, 3.05) is 0 Å². The molecule has 0 spiro atoms. The second-order valence-electron chi connectivity index (χ2n) is 8.67. The van der Waals surface area contributed by atoms with E-state index in [2.05, 4.69) is 90.1 Å². The van der Waals surface area contributed by atoms with Gasteiger partial charge in [-0.15, -0.1) is 0 Å². The number of benzene rings is 2. The molecule has 0 bridgehead atoms. The molecule has 0 N–H and O–H groups in total. The maximum atomic E-state index is 2.57. The van der Waals surface area contributed by atoms with Gasteiger partial charge in [-0.2, -0.15) is 0 Å². The Morgan fingerprint density at radius 2 is 1.00 bits per heavy atom. The molecule has 2 aliphatic rings. The third kappa shape index (κ3) is 2.55. The molecular weight excluding hydrogens is 340 g/mol. The zero-order valence-electron chi connectivity index (χ0n) is 17.7. The van der Waals surface area contributed by atoms with Crippen LogP contribution in [0.3, 0.4) is 0 Å². The smallest absolute Gasteiger partial charge is 0.0769 e. The van der Waals surface area contributed by atoms with E-state index < -0.39 is 8.07 Å². The molecule has 2 atom stereocenters. The summed E-state index contributed by atoms with van der Waals surface area (Å²) in [6, 6.07) is 11.9. The van der Waals surface area contributed by atoms with E-state index in [0.29, 0.717) is 11.1 Å². The van der Waals surface area contributed by atoms with Crippen molar-refractivity contribution in [3.63, 3.8) is 0 Å². The summed E-state index contributed by atoms with van der Waals surface area (Å²) in [5.74, 6) is 0. The Kier molecular flexibility index (Phi) is 4.54. The van der Waals surface area contributed by atoms with Crippen molar-refractivity contribution in [2.45, 2.75) is 64.7 Å². The lowest BCUT2D eigenvalue weighted by molar-refractivity contribution is 0.958. The van der Waals surface area contributed by atoms with E-state index >= 15 is 0 Å². The summed E-state index contributed by atoms with van der Waals surface area (Å²) in [6.07, 6.45) is 10.00. The van der Waals surface area contributed by atoms with Gasteiger partial charge in [-0.1, -0.05) is 74.5 Å². The van der Waals surface area contributed by atoms with Crippen LogP contribution in [-0.4, -0.2) is 8.07 Å². The molecule has 0 radical (unpaired) electrons. The van der Waals surface area contributed by atoms with Gasteiger partial charge in [0.1, 0.15) is 0 Å². The minimum Gasteiger partial charge on any atom is -0.0790 e. The van der Waals surface area contributed by atoms with E-state index in [0.717, 1.165) is 0 Å². The standard InChI is InChI=1S/C26H32Si/c1-7-27(8-2,23-15-13-21-17(3)9-11-19(5)25(21)23)24-16-14-22-18(4)10-12-20(6)26(22)24/h9-16,23-24H,7-8H2,1-6H3. The Hall–Kier alpha value is -1.86. The molecule has 0 aromatic heterocycles. The molecule has 0 aliphatic heterocycles. The highest BCUT2D eigenvalue weighted by molar-refractivity contribution is 6.83. The van der Waals surface area contributed by atoms with Gasteiger partial charge < -0.3 is 0 Å². The van der Waals surface area contributed by atoms with Crippen LogP contribution in [0.4, 0.5) is 0 Å². The van der Waals surface area contributed by atoms with Crippen LogP contribution in [0.25, 0.3) is 12.2 Å². The maximum absolute atomic E-state index is 2.57. The van der Waals surface area contributed by atoms with Gasteiger partial charge in [-0.05, 0) is 83.3 Å². The number of hydrogen-bond acceptors (Lipinski definition) is 0. The highest BCUT2D eigenvalue weighted by Gasteiger charge is 2.48. The zero-order valence-corrected chi connectivity index (χ0v) is 18.7. The van der Waals surface area contributed by atoms with E-state index in [1.807, 2.05) is 0 Å². The Bertz CT molecular complexity index is 881. The predicted molar refractivity (Wildman–Crippen MR) is 122 cm³/mol. The SMILES string of the molecule is CC[Si](CC)(C1C=Cc2c(C)ccc(C)c21)C1C=Cc2c(C)ccc(C)c21. The minimum atomic E-state index is -1.66. The second-order valence-corrected chi connectivity index (χ2v) is 13.8. The number of allylic oxidation sites excluding steroid dienone is 2. The third-order valence-electron chi connectivity index (χ3n) is 7.53. The van der Waals surface area contributed by atoms with Crippen LogP contribution in [0.5, 0.6) is 0 Å². The summed E-state index contributed by atoms with van der Waals surface area (Å²) >= 11 is 0. The van der Waals surface area contributed by atoms with E-state index in [1.54, 1.807) is 11.1 Å². The normalized spacial score (nSPS) is 20.2. The fourth-order valence-electron chi connectivity index (χ4n) is 5.84. The molecule has 2 aliphatic carbocycles. The molecule has 1 heteroatoms. The molecule has 0 heterocycles. The largest absolute Gasteiger partial charge is 0.0790 e. The van der Waals surface area contributed by atoms with E-state index in [-0.39, 0.29) is 0 Å². The lowest BCUT2D eigenvalue weighted by Crippen LogP contribution is -2.45. The summed E-state index contributed by atoms with van der Waals surface area (Å²) in [5.41, 5.74) is 13.3. The quantitative estimate of drug-likeness (QED) is 0.490. The lowest BCUT2D eigenvalue weighted by atomic mass is 9.99. The molecule has 0 amide bonds. The van der Waals surface area contributed by atoms with Crippen LogP contribution in [0, 0.1) is 27.7 Å². The summed E-state index contributed by atoms with van der Waals surface area (Å²) in [6.45, 7) is 14.1. The average molecular weight is 373 g/mol. The molecule has 4 rings (SSSR count). The fourth-order valence-corrected chi connectivity index (χ4v) is 11.4. The highest BCUT2D eigenvalue weighted by atomic mass is 28.3. The first kappa shape index (κ1) is 18.5. The Morgan fingerprint density at radius 1 is 0.630 bits per heavy atom. The van der Waals surface area contributed by atoms with Crippen molar-refractivity contribution in [1.82, 2.24) is 0 Å². The number of hydrogen-bond donors (Lipinski definition) is 0. The predicted octanol–water partition coefficient (Wildman–Crippen LogP) is 7.41. The van der Waals surface area contributed by atoms with Gasteiger partial charge in [0, 0.05) is 0 Å². The van der Waals surface area contributed by atoms with Gasteiger partial charge in [0.2, 0.25) is 0 Å². The Morgan fingerprint density at radius 3 is 1.37 bits per heavy atom. The van der Waals surface area contributed by atoms with Crippen molar-refractivity contribution < 1.29 is 0 Å². The van der Waals surface area contributed by atoms with Crippen molar-refractivity contribution in [2.24, 2.45) is 0 Å². The van der Waals surface area contributed by atoms with Gasteiger partial charge in [0.25, 0.3) is 0 Å². The van der Waals surface area contributed by atoms with Gasteiger partial charge >= 0.3 is 0 Å². The fraction of sp³-hybridized carbons (Fsp3) is 0.385. The summed E-state index contributed by atoms with van der Waals surface area (Å²) in [7, 11) is -1.66. The zero-order chi connectivity index (χ0) is 19.3. The van der Waals surface area contributed by atoms with Crippen molar-refractivity contribution >= 4 is 20.2 Å². The van der Waals surface area contributed by atoms with Crippen LogP contribution in [0.15, 0.2) is 36.4 Å². The first-order chi connectivity index (χ1) is 12.9. The second kappa shape index (κ2) is 6.63. The maximum Gasteiger partial charge on any atom is 0.0769 e. The third-order valence-corrected chi connectivity index (χ3v) is 13.6. The van der Waals surface area contributed by atoms with E-state index in [4.69, 9.17) is 0 Å². The summed E-state index contributed by atoms with van der Waals surface area (Å²) in [4.78, 5) is 0. The summed E-state index contributed by atoms with van der Waals surface area (Å²) in [5, 5.41) is 0. The molecule has 140 valence electrons. The molecule has 0 nitrogen and oxygen atoms in total. The van der Waals surface area contributed by atoms with Crippen LogP contribution >= 0.6 is 0 Å². The van der Waals surface area contributed by atoms with Crippen LogP contribution in [0.2, 0.25) is 12.1 Å². The average Bonchev–Trinajstić information content (AvgIpc) is 3.31. The Balaban J connectivity index is 1.91. The Labute approximate surface area is 166 Å². The van der Waals surface area contributed by atoms with E-state index in [9.17, 15) is 0 Å². The van der Waals surface area contributed by atoms with Gasteiger partial charge in [-0.3, -0.25) is 0 Å².